The number of non-ortho nitro benzene ring substituents is 1. The Morgan fingerprint density at radius 3 is 2.63 bits per heavy atom. The van der Waals surface area contributed by atoms with Gasteiger partial charge in [0.1, 0.15) is 6.61 Å². The molecule has 0 spiro atoms. The number of nitro benzene ring substituents is 1. The highest BCUT2D eigenvalue weighted by atomic mass is 35.5. The molecule has 1 atom stereocenters. The van der Waals surface area contributed by atoms with Gasteiger partial charge in [-0.3, -0.25) is 19.9 Å². The molecule has 0 aromatic heterocycles. The van der Waals surface area contributed by atoms with E-state index in [1.54, 1.807) is 18.2 Å². The predicted molar refractivity (Wildman–Crippen MR) is 136 cm³/mol. The normalized spacial score (nSPS) is 14.7. The first-order chi connectivity index (χ1) is 16.9. The number of alkyl halides is 1. The molecule has 0 saturated heterocycles. The van der Waals surface area contributed by atoms with Crippen molar-refractivity contribution < 1.29 is 19.2 Å². The summed E-state index contributed by atoms with van der Waals surface area (Å²) in [6, 6.07) is 16.1. The van der Waals surface area contributed by atoms with Crippen LogP contribution in [0.15, 0.2) is 59.6 Å². The molecule has 4 rings (SSSR count). The van der Waals surface area contributed by atoms with Crippen molar-refractivity contribution in [3.63, 3.8) is 0 Å². The topological polar surface area (TPSA) is 94.3 Å². The maximum absolute atomic E-state index is 11.7. The number of para-hydroxylation sites is 1. The van der Waals surface area contributed by atoms with Gasteiger partial charge in [0, 0.05) is 48.6 Å². The van der Waals surface area contributed by atoms with Crippen molar-refractivity contribution in [1.82, 2.24) is 0 Å². The number of likely N-dealkylation sites (N-methyl/N-ethyl adjacent to an activating group) is 1. The van der Waals surface area contributed by atoms with Crippen molar-refractivity contribution in [1.29, 1.82) is 0 Å². The average molecular weight is 494 g/mol. The van der Waals surface area contributed by atoms with Crippen LogP contribution in [0, 0.1) is 10.1 Å². The molecular weight excluding hydrogens is 470 g/mol. The number of halogens is 1. The van der Waals surface area contributed by atoms with E-state index in [1.165, 1.54) is 24.8 Å². The third kappa shape index (κ3) is 5.27. The largest absolute Gasteiger partial charge is 0.493 e. The molecule has 35 heavy (non-hydrogen) atoms. The van der Waals surface area contributed by atoms with Crippen LogP contribution in [-0.4, -0.2) is 37.6 Å². The molecule has 1 heterocycles. The number of methoxy groups -OCH3 is 1. The monoisotopic (exact) mass is 493 g/mol. The first-order valence-electron chi connectivity index (χ1n) is 10.9. The Morgan fingerprint density at radius 1 is 1.17 bits per heavy atom. The molecule has 8 nitrogen and oxygen atoms in total. The lowest BCUT2D eigenvalue weighted by atomic mass is 10.1. The molecular formula is C26H24ClN3O5. The third-order valence-corrected chi connectivity index (χ3v) is 6.23. The Bertz CT molecular complexity index is 1290. The molecule has 3 aromatic carbocycles. The van der Waals surface area contributed by atoms with Crippen LogP contribution in [0.2, 0.25) is 0 Å². The summed E-state index contributed by atoms with van der Waals surface area (Å²) in [7, 11) is 3.49. The summed E-state index contributed by atoms with van der Waals surface area (Å²) in [5.41, 5.74) is 4.36. The molecule has 0 saturated carbocycles. The van der Waals surface area contributed by atoms with Gasteiger partial charge in [-0.25, -0.2) is 0 Å². The number of nitro groups is 1. The number of benzene rings is 3. The van der Waals surface area contributed by atoms with Crippen molar-refractivity contribution in [2.75, 3.05) is 19.1 Å². The smallest absolute Gasteiger partial charge is 0.270 e. The van der Waals surface area contributed by atoms with Gasteiger partial charge in [0.15, 0.2) is 17.8 Å². The number of aliphatic imine (C=N–C) groups is 1. The minimum Gasteiger partial charge on any atom is -0.493 e. The standard InChI is InChI=1S/C26H24ClN3O5/c1-29-22(10-19-5-3-4-6-24(19)29)14-28-23-12-26(25(34-2)11-20(23)15-31)35-16-18-7-17(13-27)8-21(9-18)30(32)33/h3-9,11-12,14-15,22H,10,13,16H2,1-2H3. The molecule has 0 radical (unpaired) electrons. The second-order valence-electron chi connectivity index (χ2n) is 8.16. The van der Waals surface area contributed by atoms with Gasteiger partial charge >= 0.3 is 0 Å². The molecule has 180 valence electrons. The highest BCUT2D eigenvalue weighted by Gasteiger charge is 2.24. The first kappa shape index (κ1) is 24.2. The van der Waals surface area contributed by atoms with E-state index in [-0.39, 0.29) is 24.2 Å². The molecule has 0 bridgehead atoms. The molecule has 9 heteroatoms. The van der Waals surface area contributed by atoms with Crippen LogP contribution in [0.3, 0.4) is 0 Å². The Kier molecular flexibility index (Phi) is 7.31. The molecule has 0 N–H and O–H groups in total. The summed E-state index contributed by atoms with van der Waals surface area (Å²) < 4.78 is 11.3. The highest BCUT2D eigenvalue weighted by molar-refractivity contribution is 6.17. The molecule has 1 aliphatic heterocycles. The zero-order valence-electron chi connectivity index (χ0n) is 19.3. The number of nitrogens with zero attached hydrogens (tertiary/aromatic N) is 3. The fraction of sp³-hybridized carbons (Fsp3) is 0.231. The third-order valence-electron chi connectivity index (χ3n) is 5.92. The van der Waals surface area contributed by atoms with E-state index < -0.39 is 4.92 Å². The van der Waals surface area contributed by atoms with Crippen molar-refractivity contribution >= 4 is 41.2 Å². The minimum atomic E-state index is -0.468. The van der Waals surface area contributed by atoms with Gasteiger partial charge in [0.2, 0.25) is 0 Å². The van der Waals surface area contributed by atoms with Gasteiger partial charge in [0.05, 0.1) is 23.8 Å². The summed E-state index contributed by atoms with van der Waals surface area (Å²) in [6.45, 7) is 0.0478. The summed E-state index contributed by atoms with van der Waals surface area (Å²) in [5.74, 6) is 0.872. The Labute approximate surface area is 207 Å². The van der Waals surface area contributed by atoms with Gasteiger partial charge in [-0.1, -0.05) is 24.3 Å². The zero-order chi connectivity index (χ0) is 24.9. The molecule has 1 unspecified atom stereocenters. The SMILES string of the molecule is COc1cc(C=O)c(N=CC2Cc3ccccc3N2C)cc1OCc1cc(CCl)cc([N+](=O)[O-])c1. The number of rotatable bonds is 9. The van der Waals surface area contributed by atoms with Crippen LogP contribution in [0.4, 0.5) is 17.1 Å². The van der Waals surface area contributed by atoms with Crippen molar-refractivity contribution in [2.24, 2.45) is 4.99 Å². The van der Waals surface area contributed by atoms with Crippen LogP contribution in [0.5, 0.6) is 11.5 Å². The minimum absolute atomic E-state index is 0.0478. The second-order valence-corrected chi connectivity index (χ2v) is 8.42. The zero-order valence-corrected chi connectivity index (χ0v) is 20.1. The van der Waals surface area contributed by atoms with Gasteiger partial charge in [-0.15, -0.1) is 11.6 Å². The fourth-order valence-electron chi connectivity index (χ4n) is 4.10. The predicted octanol–water partition coefficient (Wildman–Crippen LogP) is 5.50. The lowest BCUT2D eigenvalue weighted by Crippen LogP contribution is -2.28. The summed E-state index contributed by atoms with van der Waals surface area (Å²) in [4.78, 5) is 29.3. The Hall–Kier alpha value is -3.91. The molecule has 0 aliphatic carbocycles. The second kappa shape index (κ2) is 10.6. The van der Waals surface area contributed by atoms with Crippen molar-refractivity contribution in [2.45, 2.75) is 24.9 Å². The van der Waals surface area contributed by atoms with Crippen molar-refractivity contribution in [3.8, 4) is 11.5 Å². The summed E-state index contributed by atoms with van der Waals surface area (Å²) in [5, 5.41) is 11.2. The fourth-order valence-corrected chi connectivity index (χ4v) is 4.26. The maximum atomic E-state index is 11.7. The Balaban J connectivity index is 1.58. The van der Waals surface area contributed by atoms with Gasteiger partial charge in [-0.05, 0) is 35.2 Å². The number of hydrogen-bond acceptors (Lipinski definition) is 7. The molecule has 1 aliphatic rings. The maximum Gasteiger partial charge on any atom is 0.270 e. The number of fused-ring (bicyclic) bond motifs is 1. The number of ether oxygens (including phenoxy) is 2. The molecule has 3 aromatic rings. The van der Waals surface area contributed by atoms with E-state index >= 15 is 0 Å². The summed E-state index contributed by atoms with van der Waals surface area (Å²) in [6.07, 6.45) is 3.37. The number of carbonyl (C=O) groups is 1. The first-order valence-corrected chi connectivity index (χ1v) is 11.4. The summed E-state index contributed by atoms with van der Waals surface area (Å²) >= 11 is 5.89. The number of aldehydes is 1. The molecule has 0 amide bonds. The highest BCUT2D eigenvalue weighted by Crippen LogP contribution is 2.36. The van der Waals surface area contributed by atoms with Crippen LogP contribution >= 0.6 is 11.6 Å². The van der Waals surface area contributed by atoms with E-state index in [4.69, 9.17) is 21.1 Å². The number of hydrogen-bond donors (Lipinski definition) is 0. The van der Waals surface area contributed by atoms with Crippen molar-refractivity contribution in [3.05, 3.63) is 87.0 Å². The van der Waals surface area contributed by atoms with Gasteiger partial charge in [-0.2, -0.15) is 0 Å². The van der Waals surface area contributed by atoms with E-state index in [0.717, 1.165) is 18.4 Å². The molecule has 0 fully saturated rings. The van der Waals surface area contributed by atoms with Gasteiger partial charge < -0.3 is 14.4 Å². The van der Waals surface area contributed by atoms with E-state index in [9.17, 15) is 14.9 Å². The number of carbonyl (C=O) groups excluding carboxylic acids is 1. The van der Waals surface area contributed by atoms with Gasteiger partial charge in [0.25, 0.3) is 5.69 Å². The quantitative estimate of drug-likeness (QED) is 0.128. The van der Waals surface area contributed by atoms with Crippen LogP contribution in [0.1, 0.15) is 27.0 Å². The Morgan fingerprint density at radius 2 is 1.94 bits per heavy atom. The average Bonchev–Trinajstić information content (AvgIpc) is 3.21. The van der Waals surface area contributed by atoms with E-state index in [1.807, 2.05) is 25.4 Å². The van der Waals surface area contributed by atoms with Crippen LogP contribution in [0.25, 0.3) is 0 Å². The van der Waals surface area contributed by atoms with Crippen LogP contribution < -0.4 is 14.4 Å². The lowest BCUT2D eigenvalue weighted by molar-refractivity contribution is -0.385. The van der Waals surface area contributed by atoms with E-state index in [0.29, 0.717) is 33.9 Å². The lowest BCUT2D eigenvalue weighted by Gasteiger charge is -2.19. The van der Waals surface area contributed by atoms with Crippen LogP contribution in [-0.2, 0) is 18.9 Å². The van der Waals surface area contributed by atoms with E-state index in [2.05, 4.69) is 22.0 Å². The number of anilines is 1.